The van der Waals surface area contributed by atoms with E-state index in [0.717, 1.165) is 49.4 Å². The van der Waals surface area contributed by atoms with E-state index in [1.165, 1.54) is 47.8 Å². The number of hydrogen-bond donors (Lipinski definition) is 2. The number of thiophene rings is 1. The van der Waals surface area contributed by atoms with E-state index in [1.807, 2.05) is 23.7 Å². The van der Waals surface area contributed by atoms with E-state index in [1.54, 1.807) is 0 Å². The SMILES string of the molecule is c1nc(-c2cc3c(s2)CCNC3)cnc1CN1CC[C@@H]2NCC[C@@H]2C1. The predicted octanol–water partition coefficient (Wildman–Crippen LogP) is 2.03. The van der Waals surface area contributed by atoms with Gasteiger partial charge in [-0.05, 0) is 43.4 Å². The van der Waals surface area contributed by atoms with Crippen LogP contribution in [0.2, 0.25) is 0 Å². The lowest BCUT2D eigenvalue weighted by molar-refractivity contribution is 0.154. The van der Waals surface area contributed by atoms with E-state index >= 15 is 0 Å². The van der Waals surface area contributed by atoms with Crippen molar-refractivity contribution in [3.05, 3.63) is 34.6 Å². The number of fused-ring (bicyclic) bond motifs is 2. The van der Waals surface area contributed by atoms with Gasteiger partial charge in [0.15, 0.2) is 0 Å². The maximum atomic E-state index is 4.71. The molecule has 3 aliphatic rings. The maximum Gasteiger partial charge on any atom is 0.0985 e. The summed E-state index contributed by atoms with van der Waals surface area (Å²) in [6.45, 7) is 6.57. The van der Waals surface area contributed by atoms with Gasteiger partial charge in [-0.3, -0.25) is 14.9 Å². The Labute approximate surface area is 152 Å². The lowest BCUT2D eigenvalue weighted by Crippen LogP contribution is -2.44. The molecule has 2 fully saturated rings. The van der Waals surface area contributed by atoms with E-state index in [2.05, 4.69) is 21.6 Å². The molecule has 0 saturated carbocycles. The highest BCUT2D eigenvalue weighted by Crippen LogP contribution is 2.32. The average Bonchev–Trinajstić information content (AvgIpc) is 3.28. The van der Waals surface area contributed by atoms with Crippen LogP contribution in [0.5, 0.6) is 0 Å². The predicted molar refractivity (Wildman–Crippen MR) is 101 cm³/mol. The molecule has 0 radical (unpaired) electrons. The second-order valence-corrected chi connectivity index (χ2v) is 8.65. The van der Waals surface area contributed by atoms with Crippen LogP contribution < -0.4 is 10.6 Å². The highest BCUT2D eigenvalue weighted by Gasteiger charge is 2.32. The highest BCUT2D eigenvalue weighted by molar-refractivity contribution is 7.15. The summed E-state index contributed by atoms with van der Waals surface area (Å²) in [5.41, 5.74) is 3.54. The Balaban J connectivity index is 1.26. The molecule has 2 saturated heterocycles. The zero-order valence-electron chi connectivity index (χ0n) is 14.5. The van der Waals surface area contributed by atoms with Crippen molar-refractivity contribution in [2.75, 3.05) is 26.2 Å². The van der Waals surface area contributed by atoms with Crippen molar-refractivity contribution in [2.24, 2.45) is 5.92 Å². The molecular formula is C19H25N5S. The van der Waals surface area contributed by atoms with Gasteiger partial charge in [-0.15, -0.1) is 11.3 Å². The lowest BCUT2D eigenvalue weighted by atomic mass is 9.93. The number of nitrogens with one attached hydrogen (secondary N) is 2. The van der Waals surface area contributed by atoms with Crippen molar-refractivity contribution in [1.82, 2.24) is 25.5 Å². The Kier molecular flexibility index (Phi) is 4.29. The van der Waals surface area contributed by atoms with E-state index in [-0.39, 0.29) is 0 Å². The van der Waals surface area contributed by atoms with Gasteiger partial charge in [-0.1, -0.05) is 0 Å². The van der Waals surface area contributed by atoms with Crippen molar-refractivity contribution in [1.29, 1.82) is 0 Å². The second-order valence-electron chi connectivity index (χ2n) is 7.51. The number of likely N-dealkylation sites (tertiary alicyclic amines) is 1. The van der Waals surface area contributed by atoms with Gasteiger partial charge < -0.3 is 10.6 Å². The molecule has 132 valence electrons. The highest BCUT2D eigenvalue weighted by atomic mass is 32.1. The first-order valence-corrected chi connectivity index (χ1v) is 10.3. The fraction of sp³-hybridized carbons (Fsp3) is 0.579. The summed E-state index contributed by atoms with van der Waals surface area (Å²) >= 11 is 1.88. The van der Waals surface area contributed by atoms with Crippen molar-refractivity contribution in [3.8, 4) is 10.6 Å². The third-order valence-corrected chi connectivity index (χ3v) is 7.08. The molecule has 5 rings (SSSR count). The molecule has 2 aromatic rings. The lowest BCUT2D eigenvalue weighted by Gasteiger charge is -2.34. The van der Waals surface area contributed by atoms with E-state index in [0.29, 0.717) is 0 Å². The van der Waals surface area contributed by atoms with Gasteiger partial charge in [0.1, 0.15) is 0 Å². The summed E-state index contributed by atoms with van der Waals surface area (Å²) < 4.78 is 0. The standard InChI is InChI=1S/C19H25N5S/c1-5-21-16-3-6-24(11-13(1)16)12-15-9-23-17(10-22-15)19-7-14-8-20-4-2-18(14)25-19/h7,9-10,13,16,20-21H,1-6,8,11-12H2/t13-,16+/m1/s1. The molecule has 2 N–H and O–H groups in total. The molecular weight excluding hydrogens is 330 g/mol. The molecule has 2 aromatic heterocycles. The summed E-state index contributed by atoms with van der Waals surface area (Å²) in [5, 5.41) is 7.07. The topological polar surface area (TPSA) is 53.1 Å². The maximum absolute atomic E-state index is 4.71. The molecule has 25 heavy (non-hydrogen) atoms. The summed E-state index contributed by atoms with van der Waals surface area (Å²) in [6, 6.07) is 3.04. The molecule has 0 aromatic carbocycles. The van der Waals surface area contributed by atoms with E-state index < -0.39 is 0 Å². The fourth-order valence-corrected chi connectivity index (χ4v) is 5.58. The van der Waals surface area contributed by atoms with Crippen LogP contribution in [-0.4, -0.2) is 47.1 Å². The number of aromatic nitrogens is 2. The summed E-state index contributed by atoms with van der Waals surface area (Å²) in [4.78, 5) is 14.7. The first-order valence-electron chi connectivity index (χ1n) is 9.44. The molecule has 5 heterocycles. The van der Waals surface area contributed by atoms with Crippen molar-refractivity contribution in [2.45, 2.75) is 38.4 Å². The van der Waals surface area contributed by atoms with Gasteiger partial charge in [0.2, 0.25) is 0 Å². The summed E-state index contributed by atoms with van der Waals surface area (Å²) in [7, 11) is 0. The van der Waals surface area contributed by atoms with Gasteiger partial charge in [0, 0.05) is 43.6 Å². The minimum absolute atomic E-state index is 0.754. The number of hydrogen-bond acceptors (Lipinski definition) is 6. The van der Waals surface area contributed by atoms with Crippen LogP contribution in [-0.2, 0) is 19.5 Å². The minimum atomic E-state index is 0.754. The van der Waals surface area contributed by atoms with Crippen LogP contribution in [0.4, 0.5) is 0 Å². The number of piperidine rings is 1. The van der Waals surface area contributed by atoms with Crippen LogP contribution in [0, 0.1) is 5.92 Å². The van der Waals surface area contributed by atoms with Gasteiger partial charge in [0.25, 0.3) is 0 Å². The molecule has 0 aliphatic carbocycles. The van der Waals surface area contributed by atoms with E-state index in [4.69, 9.17) is 9.97 Å². The van der Waals surface area contributed by atoms with Gasteiger partial charge in [-0.25, -0.2) is 0 Å². The summed E-state index contributed by atoms with van der Waals surface area (Å²) in [6.07, 6.45) is 7.67. The first-order chi connectivity index (χ1) is 12.3. The molecule has 0 spiro atoms. The first kappa shape index (κ1) is 15.9. The Hall–Kier alpha value is -1.34. The average molecular weight is 356 g/mol. The van der Waals surface area contributed by atoms with Gasteiger partial charge >= 0.3 is 0 Å². The molecule has 0 bridgehead atoms. The summed E-state index contributed by atoms with van der Waals surface area (Å²) in [5.74, 6) is 0.826. The largest absolute Gasteiger partial charge is 0.314 e. The molecule has 0 amide bonds. The minimum Gasteiger partial charge on any atom is -0.314 e. The number of rotatable bonds is 3. The monoisotopic (exact) mass is 355 g/mol. The van der Waals surface area contributed by atoms with Gasteiger partial charge in [0.05, 0.1) is 28.7 Å². The van der Waals surface area contributed by atoms with Crippen LogP contribution in [0.15, 0.2) is 18.5 Å². The zero-order valence-corrected chi connectivity index (χ0v) is 15.3. The van der Waals surface area contributed by atoms with E-state index in [9.17, 15) is 0 Å². The molecule has 6 heteroatoms. The third-order valence-electron chi connectivity index (χ3n) is 5.82. The quantitative estimate of drug-likeness (QED) is 0.882. The molecule has 3 aliphatic heterocycles. The number of nitrogens with zero attached hydrogens (tertiary/aromatic N) is 3. The van der Waals surface area contributed by atoms with Crippen LogP contribution >= 0.6 is 11.3 Å². The van der Waals surface area contributed by atoms with Crippen LogP contribution in [0.3, 0.4) is 0 Å². The van der Waals surface area contributed by atoms with Crippen molar-refractivity contribution in [3.63, 3.8) is 0 Å². The van der Waals surface area contributed by atoms with Crippen molar-refractivity contribution >= 4 is 11.3 Å². The molecule has 0 unspecified atom stereocenters. The fourth-order valence-electron chi connectivity index (χ4n) is 4.44. The smallest absolute Gasteiger partial charge is 0.0985 e. The normalized spacial score (nSPS) is 26.4. The Morgan fingerprint density at radius 2 is 2.20 bits per heavy atom. The van der Waals surface area contributed by atoms with Gasteiger partial charge in [-0.2, -0.15) is 0 Å². The Bertz CT molecular complexity index is 717. The molecule has 2 atom stereocenters. The molecule has 5 nitrogen and oxygen atoms in total. The third kappa shape index (κ3) is 3.24. The van der Waals surface area contributed by atoms with Crippen LogP contribution in [0.1, 0.15) is 29.0 Å². The Morgan fingerprint density at radius 3 is 3.08 bits per heavy atom. The van der Waals surface area contributed by atoms with Crippen molar-refractivity contribution < 1.29 is 0 Å². The zero-order chi connectivity index (χ0) is 16.6. The van der Waals surface area contributed by atoms with Crippen LogP contribution in [0.25, 0.3) is 10.6 Å². The Morgan fingerprint density at radius 1 is 1.20 bits per heavy atom. The second kappa shape index (κ2) is 6.76.